The number of nitrogens with zero attached hydrogens (tertiary/aromatic N) is 2. The first kappa shape index (κ1) is 15.1. The minimum Gasteiger partial charge on any atom is -0.496 e. The van der Waals surface area contributed by atoms with Gasteiger partial charge in [-0.15, -0.1) is 0 Å². The van der Waals surface area contributed by atoms with E-state index in [0.29, 0.717) is 0 Å². The van der Waals surface area contributed by atoms with E-state index in [4.69, 9.17) is 9.84 Å². The van der Waals surface area contributed by atoms with Crippen LogP contribution < -0.4 is 10.1 Å². The van der Waals surface area contributed by atoms with Gasteiger partial charge in [0.2, 0.25) is 5.91 Å². The van der Waals surface area contributed by atoms with Crippen molar-refractivity contribution < 1.29 is 19.4 Å². The predicted octanol–water partition coefficient (Wildman–Crippen LogP) is 0.873. The van der Waals surface area contributed by atoms with Gasteiger partial charge in [0.25, 0.3) is 0 Å². The van der Waals surface area contributed by atoms with E-state index in [2.05, 4.69) is 10.4 Å². The van der Waals surface area contributed by atoms with Gasteiger partial charge in [-0.25, -0.2) is 4.79 Å². The standard InChI is InChI=1S/C16H17N3O4/c1-23-14-4-2-3-10-5-12(6-13(10)14)18-15(20)9-19-8-11(7-17-19)16(21)22/h2-4,7-8,12H,5-6,9H2,1H3,(H,18,20)(H,21,22). The lowest BCUT2D eigenvalue weighted by atomic mass is 10.1. The lowest BCUT2D eigenvalue weighted by molar-refractivity contribution is -0.122. The van der Waals surface area contributed by atoms with Crippen molar-refractivity contribution in [1.82, 2.24) is 15.1 Å². The normalized spacial score (nSPS) is 16.0. The number of aromatic nitrogens is 2. The first-order valence-electron chi connectivity index (χ1n) is 7.26. The Bertz CT molecular complexity index is 754. The second-order valence-electron chi connectivity index (χ2n) is 5.50. The molecule has 1 aliphatic carbocycles. The Morgan fingerprint density at radius 1 is 1.43 bits per heavy atom. The SMILES string of the molecule is COc1cccc2c1CC(NC(=O)Cn1cc(C(=O)O)cn1)C2. The quantitative estimate of drug-likeness (QED) is 0.854. The number of amides is 1. The molecule has 3 rings (SSSR count). The van der Waals surface area contributed by atoms with Crippen molar-refractivity contribution >= 4 is 11.9 Å². The lowest BCUT2D eigenvalue weighted by Gasteiger charge is -2.12. The zero-order valence-corrected chi connectivity index (χ0v) is 12.7. The maximum absolute atomic E-state index is 12.1. The summed E-state index contributed by atoms with van der Waals surface area (Å²) in [7, 11) is 1.64. The van der Waals surface area contributed by atoms with E-state index in [-0.39, 0.29) is 24.1 Å². The molecular weight excluding hydrogens is 298 g/mol. The summed E-state index contributed by atoms with van der Waals surface area (Å²) in [5.74, 6) is -0.408. The van der Waals surface area contributed by atoms with Gasteiger partial charge in [0.15, 0.2) is 0 Å². The third kappa shape index (κ3) is 3.18. The van der Waals surface area contributed by atoms with Gasteiger partial charge in [-0.1, -0.05) is 12.1 Å². The molecule has 0 bridgehead atoms. The molecule has 1 aromatic heterocycles. The number of hydrogen-bond acceptors (Lipinski definition) is 4. The fourth-order valence-electron chi connectivity index (χ4n) is 2.89. The zero-order valence-electron chi connectivity index (χ0n) is 12.7. The van der Waals surface area contributed by atoms with Gasteiger partial charge in [0.1, 0.15) is 12.3 Å². The maximum atomic E-state index is 12.1. The van der Waals surface area contributed by atoms with E-state index in [0.717, 1.165) is 24.2 Å². The number of ether oxygens (including phenoxy) is 1. The highest BCUT2D eigenvalue weighted by Gasteiger charge is 2.25. The third-order valence-electron chi connectivity index (χ3n) is 3.92. The minimum atomic E-state index is -1.06. The van der Waals surface area contributed by atoms with Crippen LogP contribution in [0.2, 0.25) is 0 Å². The van der Waals surface area contributed by atoms with Crippen molar-refractivity contribution in [3.05, 3.63) is 47.3 Å². The van der Waals surface area contributed by atoms with Gasteiger partial charge in [-0.05, 0) is 30.0 Å². The van der Waals surface area contributed by atoms with Crippen LogP contribution in [-0.4, -0.2) is 39.9 Å². The third-order valence-corrected chi connectivity index (χ3v) is 3.92. The molecule has 0 spiro atoms. The topological polar surface area (TPSA) is 93.5 Å². The van der Waals surface area contributed by atoms with Crippen LogP contribution in [0.25, 0.3) is 0 Å². The second kappa shape index (κ2) is 6.12. The molecule has 2 aromatic rings. The number of nitrogens with one attached hydrogen (secondary N) is 1. The molecule has 0 radical (unpaired) electrons. The zero-order chi connectivity index (χ0) is 16.4. The molecular formula is C16H17N3O4. The molecule has 1 aromatic carbocycles. The average Bonchev–Trinajstić information content (AvgIpc) is 3.12. The summed E-state index contributed by atoms with van der Waals surface area (Å²) in [5.41, 5.74) is 2.38. The molecule has 1 unspecified atom stereocenters. The van der Waals surface area contributed by atoms with Crippen molar-refractivity contribution in [3.63, 3.8) is 0 Å². The summed E-state index contributed by atoms with van der Waals surface area (Å²) in [5, 5.41) is 15.7. The number of methoxy groups -OCH3 is 1. The van der Waals surface area contributed by atoms with Crippen LogP contribution in [0.3, 0.4) is 0 Å². The number of hydrogen-bond donors (Lipinski definition) is 2. The number of rotatable bonds is 5. The summed E-state index contributed by atoms with van der Waals surface area (Å²) in [6, 6.07) is 5.92. The Morgan fingerprint density at radius 3 is 2.96 bits per heavy atom. The smallest absolute Gasteiger partial charge is 0.338 e. The summed E-state index contributed by atoms with van der Waals surface area (Å²) in [6.45, 7) is -0.00272. The Morgan fingerprint density at radius 2 is 2.26 bits per heavy atom. The average molecular weight is 315 g/mol. The molecule has 2 N–H and O–H groups in total. The van der Waals surface area contributed by atoms with Crippen molar-refractivity contribution in [2.75, 3.05) is 7.11 Å². The van der Waals surface area contributed by atoms with Crippen LogP contribution in [0.1, 0.15) is 21.5 Å². The van der Waals surface area contributed by atoms with Crippen LogP contribution >= 0.6 is 0 Å². The Balaban J connectivity index is 1.60. The number of carboxylic acid groups (broad SMARTS) is 1. The maximum Gasteiger partial charge on any atom is 0.338 e. The van der Waals surface area contributed by atoms with Gasteiger partial charge in [-0.3, -0.25) is 9.48 Å². The first-order chi connectivity index (χ1) is 11.1. The molecule has 1 heterocycles. The number of benzene rings is 1. The summed E-state index contributed by atoms with van der Waals surface area (Å²) in [6.07, 6.45) is 4.06. The molecule has 23 heavy (non-hydrogen) atoms. The molecule has 7 nitrogen and oxygen atoms in total. The highest BCUT2D eigenvalue weighted by molar-refractivity contribution is 5.87. The summed E-state index contributed by atoms with van der Waals surface area (Å²) < 4.78 is 6.67. The Labute approximate surface area is 132 Å². The molecule has 0 saturated carbocycles. The largest absolute Gasteiger partial charge is 0.496 e. The Hall–Kier alpha value is -2.83. The van der Waals surface area contributed by atoms with Gasteiger partial charge in [-0.2, -0.15) is 5.10 Å². The first-order valence-corrected chi connectivity index (χ1v) is 7.26. The van der Waals surface area contributed by atoms with Crippen LogP contribution in [0.5, 0.6) is 5.75 Å². The summed E-state index contributed by atoms with van der Waals surface area (Å²) >= 11 is 0. The number of carboxylic acids is 1. The predicted molar refractivity (Wildman–Crippen MR) is 81.5 cm³/mol. The molecule has 0 saturated heterocycles. The van der Waals surface area contributed by atoms with Crippen molar-refractivity contribution in [3.8, 4) is 5.75 Å². The van der Waals surface area contributed by atoms with Gasteiger partial charge in [0.05, 0.1) is 18.9 Å². The molecule has 1 aliphatic rings. The fourth-order valence-corrected chi connectivity index (χ4v) is 2.89. The molecule has 1 atom stereocenters. The monoisotopic (exact) mass is 315 g/mol. The minimum absolute atomic E-state index is 0.00272. The summed E-state index contributed by atoms with van der Waals surface area (Å²) in [4.78, 5) is 22.9. The van der Waals surface area contributed by atoms with Crippen molar-refractivity contribution in [2.45, 2.75) is 25.4 Å². The van der Waals surface area contributed by atoms with E-state index >= 15 is 0 Å². The van der Waals surface area contributed by atoms with E-state index in [1.54, 1.807) is 7.11 Å². The highest BCUT2D eigenvalue weighted by Crippen LogP contribution is 2.30. The fraction of sp³-hybridized carbons (Fsp3) is 0.312. The van der Waals surface area contributed by atoms with Gasteiger partial charge < -0.3 is 15.2 Å². The number of carbonyl (C=O) groups is 2. The number of carbonyl (C=O) groups excluding carboxylic acids is 1. The van der Waals surface area contributed by atoms with Crippen LogP contribution in [0.4, 0.5) is 0 Å². The molecule has 1 amide bonds. The highest BCUT2D eigenvalue weighted by atomic mass is 16.5. The van der Waals surface area contributed by atoms with Gasteiger partial charge in [0, 0.05) is 12.2 Å². The number of fused-ring (bicyclic) bond motifs is 1. The second-order valence-corrected chi connectivity index (χ2v) is 5.50. The molecule has 120 valence electrons. The van der Waals surface area contributed by atoms with Gasteiger partial charge >= 0.3 is 5.97 Å². The van der Waals surface area contributed by atoms with E-state index in [1.807, 2.05) is 18.2 Å². The van der Waals surface area contributed by atoms with Crippen LogP contribution in [0, 0.1) is 0 Å². The van der Waals surface area contributed by atoms with E-state index in [1.165, 1.54) is 22.6 Å². The van der Waals surface area contributed by atoms with E-state index in [9.17, 15) is 9.59 Å². The molecule has 0 aliphatic heterocycles. The van der Waals surface area contributed by atoms with Crippen LogP contribution in [-0.2, 0) is 24.2 Å². The van der Waals surface area contributed by atoms with Crippen LogP contribution in [0.15, 0.2) is 30.6 Å². The van der Waals surface area contributed by atoms with Crippen molar-refractivity contribution in [1.29, 1.82) is 0 Å². The lowest BCUT2D eigenvalue weighted by Crippen LogP contribution is -2.37. The van der Waals surface area contributed by atoms with Crippen molar-refractivity contribution in [2.24, 2.45) is 0 Å². The van der Waals surface area contributed by atoms with E-state index < -0.39 is 5.97 Å². The molecule has 0 fully saturated rings. The Kier molecular flexibility index (Phi) is 4.01. The number of aromatic carboxylic acids is 1. The molecule has 7 heteroatoms.